The van der Waals surface area contributed by atoms with Gasteiger partial charge >= 0.3 is 0 Å². The predicted octanol–water partition coefficient (Wildman–Crippen LogP) is 5.61. The molecule has 7 nitrogen and oxygen atoms in total. The molecule has 0 aromatic heterocycles. The molecule has 214 valence electrons. The topological polar surface area (TPSA) is 111 Å². The highest BCUT2D eigenvalue weighted by Crippen LogP contribution is 2.25. The summed E-state index contributed by atoms with van der Waals surface area (Å²) in [6.45, 7) is 1.99. The van der Waals surface area contributed by atoms with Crippen molar-refractivity contribution < 1.29 is 28.4 Å². The highest BCUT2D eigenvalue weighted by Gasteiger charge is 2.14. The SMILES string of the molecule is C#CCOc1ccc(C[C@@H](COP(=O)([O-])[O-])NC(=O)CCCCCCC/C=C\CCCCCCCC)cc1. The number of phosphoric acid groups is 1. The van der Waals surface area contributed by atoms with E-state index in [-0.39, 0.29) is 12.5 Å². The molecule has 0 aliphatic heterocycles. The maximum absolute atomic E-state index is 12.4. The number of nitrogens with one attached hydrogen (secondary N) is 1. The molecule has 1 aromatic carbocycles. The van der Waals surface area contributed by atoms with Gasteiger partial charge in [-0.15, -0.1) is 6.42 Å². The van der Waals surface area contributed by atoms with Crippen LogP contribution in [-0.2, 0) is 20.3 Å². The van der Waals surface area contributed by atoms with Crippen LogP contribution in [0.2, 0.25) is 0 Å². The van der Waals surface area contributed by atoms with E-state index in [2.05, 4.69) is 34.8 Å². The standard InChI is InChI=1S/C30H48NO6P/c1-3-5-6-7-8-9-10-11-12-13-14-15-16-17-18-19-30(32)31-28(26-37-38(33,34)35)25-27-20-22-29(23-21-27)36-24-4-2/h2,11-12,20-23,28H,3,5-10,13-19,24-26H2,1H3,(H,31,32)(H2,33,34,35)/p-2/b12-11-/t28-/m0/s1. The Morgan fingerprint density at radius 3 is 2.13 bits per heavy atom. The minimum Gasteiger partial charge on any atom is -0.790 e. The van der Waals surface area contributed by atoms with Crippen molar-refractivity contribution in [3.05, 3.63) is 42.0 Å². The summed E-state index contributed by atoms with van der Waals surface area (Å²) in [6, 6.07) is 6.43. The van der Waals surface area contributed by atoms with Crippen LogP contribution in [0.1, 0.15) is 102 Å². The molecule has 0 aliphatic rings. The van der Waals surface area contributed by atoms with E-state index in [9.17, 15) is 19.1 Å². The fraction of sp³-hybridized carbons (Fsp3) is 0.633. The number of hydrogen-bond acceptors (Lipinski definition) is 6. The minimum absolute atomic E-state index is 0.157. The Labute approximate surface area is 230 Å². The number of terminal acetylenes is 1. The summed E-state index contributed by atoms with van der Waals surface area (Å²) in [5.74, 6) is 2.81. The Bertz CT molecular complexity index is 858. The molecule has 0 aliphatic carbocycles. The molecule has 1 rings (SSSR count). The largest absolute Gasteiger partial charge is 0.790 e. The molecule has 0 saturated carbocycles. The van der Waals surface area contributed by atoms with Gasteiger partial charge in [-0.05, 0) is 56.2 Å². The van der Waals surface area contributed by atoms with Gasteiger partial charge in [0.25, 0.3) is 0 Å². The number of unbranched alkanes of at least 4 members (excludes halogenated alkanes) is 11. The van der Waals surface area contributed by atoms with Gasteiger partial charge in [-0.25, -0.2) is 0 Å². The molecule has 1 N–H and O–H groups in total. The van der Waals surface area contributed by atoms with E-state index < -0.39 is 20.5 Å². The lowest BCUT2D eigenvalue weighted by molar-refractivity contribution is -0.342. The van der Waals surface area contributed by atoms with Crippen LogP contribution < -0.4 is 19.8 Å². The lowest BCUT2D eigenvalue weighted by Crippen LogP contribution is -2.40. The molecule has 1 amide bonds. The van der Waals surface area contributed by atoms with Crippen molar-refractivity contribution in [2.24, 2.45) is 0 Å². The van der Waals surface area contributed by atoms with Crippen LogP contribution in [0.3, 0.4) is 0 Å². The monoisotopic (exact) mass is 547 g/mol. The number of hydrogen-bond donors (Lipinski definition) is 1. The fourth-order valence-corrected chi connectivity index (χ4v) is 4.48. The van der Waals surface area contributed by atoms with E-state index >= 15 is 0 Å². The second-order valence-corrected chi connectivity index (χ2v) is 10.8. The summed E-state index contributed by atoms with van der Waals surface area (Å²) in [7, 11) is -5.14. The molecule has 1 atom stereocenters. The Balaban J connectivity index is 2.24. The molecular formula is C30H46NO6P-2. The van der Waals surface area contributed by atoms with Gasteiger partial charge in [0.2, 0.25) is 5.91 Å². The Hall–Kier alpha value is -2.10. The maximum Gasteiger partial charge on any atom is 0.220 e. The zero-order valence-electron chi connectivity index (χ0n) is 23.0. The highest BCUT2D eigenvalue weighted by molar-refractivity contribution is 7.43. The third-order valence-corrected chi connectivity index (χ3v) is 6.66. The van der Waals surface area contributed by atoms with Gasteiger partial charge < -0.3 is 28.9 Å². The van der Waals surface area contributed by atoms with Crippen LogP contribution in [0, 0.1) is 12.3 Å². The number of allylic oxidation sites excluding steroid dienone is 2. The number of benzene rings is 1. The Morgan fingerprint density at radius 1 is 0.974 bits per heavy atom. The van der Waals surface area contributed by atoms with Gasteiger partial charge in [0.1, 0.15) is 12.4 Å². The third kappa shape index (κ3) is 19.9. The molecular weight excluding hydrogens is 501 g/mol. The first-order valence-electron chi connectivity index (χ1n) is 14.1. The van der Waals surface area contributed by atoms with Crippen LogP contribution in [0.4, 0.5) is 0 Å². The lowest BCUT2D eigenvalue weighted by atomic mass is 10.1. The van der Waals surface area contributed by atoms with Crippen molar-refractivity contribution in [2.45, 2.75) is 109 Å². The molecule has 0 heterocycles. The summed E-state index contributed by atoms with van der Waals surface area (Å²) in [5, 5.41) is 2.81. The number of rotatable bonds is 23. The van der Waals surface area contributed by atoms with Crippen LogP contribution in [0.5, 0.6) is 5.75 Å². The quantitative estimate of drug-likeness (QED) is 0.0825. The average molecular weight is 548 g/mol. The van der Waals surface area contributed by atoms with Crippen LogP contribution in [-0.4, -0.2) is 25.2 Å². The Kier molecular flexibility index (Phi) is 19.5. The zero-order valence-corrected chi connectivity index (χ0v) is 23.9. The molecule has 0 radical (unpaired) electrons. The summed E-state index contributed by atoms with van der Waals surface area (Å²) >= 11 is 0. The normalized spacial score (nSPS) is 12.4. The van der Waals surface area contributed by atoms with Crippen molar-refractivity contribution in [1.29, 1.82) is 0 Å². The second-order valence-electron chi connectivity index (χ2n) is 9.68. The highest BCUT2D eigenvalue weighted by atomic mass is 31.2. The van der Waals surface area contributed by atoms with E-state index in [4.69, 9.17) is 11.2 Å². The van der Waals surface area contributed by atoms with Crippen LogP contribution in [0.15, 0.2) is 36.4 Å². The summed E-state index contributed by atoms with van der Waals surface area (Å²) < 4.78 is 20.7. The van der Waals surface area contributed by atoms with Crippen LogP contribution in [0.25, 0.3) is 0 Å². The van der Waals surface area contributed by atoms with E-state index in [1.165, 1.54) is 44.9 Å². The van der Waals surface area contributed by atoms with E-state index in [1.807, 2.05) is 0 Å². The lowest BCUT2D eigenvalue weighted by Gasteiger charge is -2.31. The van der Waals surface area contributed by atoms with Crippen LogP contribution >= 0.6 is 7.82 Å². The number of carbonyl (C=O) groups excluding carboxylic acids is 1. The number of carbonyl (C=O) groups is 1. The number of amides is 1. The van der Waals surface area contributed by atoms with Crippen molar-refractivity contribution >= 4 is 13.7 Å². The third-order valence-electron chi connectivity index (χ3n) is 6.19. The predicted molar refractivity (Wildman–Crippen MR) is 149 cm³/mol. The fourth-order valence-electron chi connectivity index (χ4n) is 4.12. The number of ether oxygens (including phenoxy) is 1. The summed E-state index contributed by atoms with van der Waals surface area (Å²) in [6.07, 6.45) is 25.8. The molecule has 0 fully saturated rings. The van der Waals surface area contributed by atoms with E-state index in [0.29, 0.717) is 18.6 Å². The molecule has 0 spiro atoms. The van der Waals surface area contributed by atoms with E-state index in [1.54, 1.807) is 24.3 Å². The van der Waals surface area contributed by atoms with Crippen molar-refractivity contribution in [2.75, 3.05) is 13.2 Å². The molecule has 0 saturated heterocycles. The molecule has 38 heavy (non-hydrogen) atoms. The van der Waals surface area contributed by atoms with Gasteiger partial charge in [0.05, 0.1) is 20.5 Å². The summed E-state index contributed by atoms with van der Waals surface area (Å²) in [5.41, 5.74) is 0.833. The second kappa shape index (κ2) is 21.8. The van der Waals surface area contributed by atoms with Gasteiger partial charge in [-0.1, -0.05) is 88.5 Å². The van der Waals surface area contributed by atoms with Crippen molar-refractivity contribution in [3.8, 4) is 18.1 Å². The maximum atomic E-state index is 12.4. The zero-order chi connectivity index (χ0) is 27.9. The molecule has 0 bridgehead atoms. The molecule has 1 aromatic rings. The van der Waals surface area contributed by atoms with Crippen molar-refractivity contribution in [3.63, 3.8) is 0 Å². The van der Waals surface area contributed by atoms with Gasteiger partial charge in [0.15, 0.2) is 0 Å². The smallest absolute Gasteiger partial charge is 0.220 e. The van der Waals surface area contributed by atoms with Gasteiger partial charge in [0, 0.05) is 6.42 Å². The average Bonchev–Trinajstić information content (AvgIpc) is 2.88. The van der Waals surface area contributed by atoms with Gasteiger partial charge in [-0.3, -0.25) is 4.79 Å². The summed E-state index contributed by atoms with van der Waals surface area (Å²) in [4.78, 5) is 34.3. The Morgan fingerprint density at radius 2 is 1.55 bits per heavy atom. The first-order chi connectivity index (χ1) is 18.3. The first-order valence-corrected chi connectivity index (χ1v) is 15.6. The number of phosphoric ester groups is 1. The first kappa shape index (κ1) is 33.9. The minimum atomic E-state index is -5.14. The molecule has 0 unspecified atom stereocenters. The van der Waals surface area contributed by atoms with Gasteiger partial charge in [-0.2, -0.15) is 0 Å². The van der Waals surface area contributed by atoms with Crippen molar-refractivity contribution in [1.82, 2.24) is 5.32 Å². The van der Waals surface area contributed by atoms with E-state index in [0.717, 1.165) is 44.1 Å². The molecule has 8 heteroatoms.